The van der Waals surface area contributed by atoms with Crippen molar-refractivity contribution >= 4 is 40.9 Å². The van der Waals surface area contributed by atoms with E-state index in [0.717, 1.165) is 37.9 Å². The second-order valence-electron chi connectivity index (χ2n) is 9.90. The van der Waals surface area contributed by atoms with Crippen LogP contribution in [0.3, 0.4) is 0 Å². The van der Waals surface area contributed by atoms with E-state index >= 15 is 0 Å². The van der Waals surface area contributed by atoms with E-state index in [0.29, 0.717) is 32.0 Å². The lowest BCUT2D eigenvalue weighted by atomic mass is 9.97. The van der Waals surface area contributed by atoms with Crippen molar-refractivity contribution in [1.29, 1.82) is 0 Å². The third kappa shape index (κ3) is 5.25. The smallest absolute Gasteiger partial charge is 0.313 e. The molecule has 3 aromatic rings. The van der Waals surface area contributed by atoms with Crippen molar-refractivity contribution in [3.05, 3.63) is 49.9 Å². The van der Waals surface area contributed by atoms with Crippen LogP contribution in [0, 0.1) is 11.6 Å². The van der Waals surface area contributed by atoms with E-state index in [2.05, 4.69) is 31.9 Å². The van der Waals surface area contributed by atoms with Gasteiger partial charge in [0.1, 0.15) is 5.82 Å². The Morgan fingerprint density at radius 1 is 1.12 bits per heavy atom. The third-order valence-corrected chi connectivity index (χ3v) is 8.19. The normalized spacial score (nSPS) is 18.9. The molecule has 0 radical (unpaired) electrons. The van der Waals surface area contributed by atoms with Crippen LogP contribution in [0.15, 0.2) is 21.3 Å². The van der Waals surface area contributed by atoms with E-state index in [1.54, 1.807) is 11.9 Å². The summed E-state index contributed by atoms with van der Waals surface area (Å²) >= 11 is 12.6. The topological polar surface area (TPSA) is 127 Å². The summed E-state index contributed by atoms with van der Waals surface area (Å²) in [7, 11) is 1.62. The second kappa shape index (κ2) is 11.3. The summed E-state index contributed by atoms with van der Waals surface area (Å²) in [5, 5.41) is 7.35. The first-order chi connectivity index (χ1) is 19.1. The molecule has 2 aliphatic heterocycles. The van der Waals surface area contributed by atoms with E-state index in [1.165, 1.54) is 4.57 Å². The molecule has 0 unspecified atom stereocenters. The molecule has 5 rings (SSSR count). The summed E-state index contributed by atoms with van der Waals surface area (Å²) in [5.74, 6) is -2.19. The van der Waals surface area contributed by atoms with Crippen molar-refractivity contribution < 1.29 is 18.0 Å². The summed E-state index contributed by atoms with van der Waals surface area (Å²) in [6.45, 7) is 5.01. The van der Waals surface area contributed by atoms with E-state index in [9.17, 15) is 18.4 Å². The molecule has 2 aliphatic rings. The number of benzene rings is 1. The van der Waals surface area contributed by atoms with Crippen molar-refractivity contribution in [1.82, 2.24) is 29.5 Å². The highest BCUT2D eigenvalue weighted by atomic mass is 35.5. The van der Waals surface area contributed by atoms with Gasteiger partial charge in [0.15, 0.2) is 22.5 Å². The van der Waals surface area contributed by atoms with Gasteiger partial charge in [-0.25, -0.2) is 13.8 Å². The molecule has 15 heteroatoms. The predicted octanol–water partition coefficient (Wildman–Crippen LogP) is 3.20. The SMILES string of the molecule is CC[C@H]1CN(c2c(Cl)nc(-c3nnc(N)o3)c(=O)n2C)CCN1C1CCN(C(=O)c2cc(F)c(F)cc2Cl)CC1. The molecule has 214 valence electrons. The molecule has 1 amide bonds. The molecule has 1 atom stereocenters. The highest BCUT2D eigenvalue weighted by molar-refractivity contribution is 6.33. The number of likely N-dealkylation sites (tertiary alicyclic amines) is 1. The van der Waals surface area contributed by atoms with Gasteiger partial charge >= 0.3 is 6.01 Å². The molecular weight excluding hydrogens is 569 g/mol. The lowest BCUT2D eigenvalue weighted by Gasteiger charge is -2.48. The molecule has 0 saturated carbocycles. The number of nitrogens with two attached hydrogens (primary N) is 1. The lowest BCUT2D eigenvalue weighted by molar-refractivity contribution is 0.0490. The van der Waals surface area contributed by atoms with E-state index < -0.39 is 23.1 Å². The average Bonchev–Trinajstić information content (AvgIpc) is 3.38. The van der Waals surface area contributed by atoms with Crippen LogP contribution in [-0.2, 0) is 7.05 Å². The van der Waals surface area contributed by atoms with Gasteiger partial charge in [-0.1, -0.05) is 35.2 Å². The molecule has 40 heavy (non-hydrogen) atoms. The number of piperazine rings is 1. The van der Waals surface area contributed by atoms with Gasteiger partial charge in [0.05, 0.1) is 10.6 Å². The lowest BCUT2D eigenvalue weighted by Crippen LogP contribution is -2.59. The molecule has 2 saturated heterocycles. The Morgan fingerprint density at radius 2 is 1.82 bits per heavy atom. The Balaban J connectivity index is 1.27. The maximum atomic E-state index is 13.7. The van der Waals surface area contributed by atoms with Crippen LogP contribution < -0.4 is 16.2 Å². The Morgan fingerprint density at radius 3 is 2.48 bits per heavy atom. The molecule has 2 fully saturated rings. The fourth-order valence-corrected chi connectivity index (χ4v) is 6.13. The molecule has 4 heterocycles. The van der Waals surface area contributed by atoms with Crippen molar-refractivity contribution in [2.75, 3.05) is 43.4 Å². The number of carbonyl (C=O) groups is 1. The van der Waals surface area contributed by atoms with Crippen molar-refractivity contribution in [2.24, 2.45) is 7.05 Å². The largest absolute Gasteiger partial charge is 0.402 e. The van der Waals surface area contributed by atoms with Gasteiger partial charge in [-0.3, -0.25) is 19.1 Å². The Labute approximate surface area is 238 Å². The summed E-state index contributed by atoms with van der Waals surface area (Å²) in [5.41, 5.74) is 4.94. The number of nitrogen functional groups attached to an aromatic ring is 1. The first-order valence-electron chi connectivity index (χ1n) is 12.9. The minimum Gasteiger partial charge on any atom is -0.402 e. The number of halogens is 4. The standard InChI is InChI=1S/C25H28Cl2F2N8O3/c1-3-13-12-36(22-20(27)31-19(24(39)34(22)2)21-32-33-25(30)40-21)8-9-37(13)14-4-6-35(7-5-14)23(38)15-10-17(28)18(29)11-16(15)26/h10-11,13-14H,3-9,12H2,1-2H3,(H2,30,33)/t13-/m0/s1. The summed E-state index contributed by atoms with van der Waals surface area (Å²) in [4.78, 5) is 36.4. The number of hydrogen-bond acceptors (Lipinski definition) is 9. The summed E-state index contributed by atoms with van der Waals surface area (Å²) < 4.78 is 33.8. The maximum absolute atomic E-state index is 13.7. The van der Waals surface area contributed by atoms with Gasteiger partial charge in [-0.15, -0.1) is 5.10 Å². The number of amides is 1. The zero-order valence-electron chi connectivity index (χ0n) is 21.9. The van der Waals surface area contributed by atoms with Gasteiger partial charge in [-0.2, -0.15) is 0 Å². The Kier molecular flexibility index (Phi) is 7.98. The average molecular weight is 597 g/mol. The number of rotatable bonds is 5. The number of aromatic nitrogens is 4. The molecule has 2 aromatic heterocycles. The Hall–Kier alpha value is -3.29. The predicted molar refractivity (Wildman–Crippen MR) is 145 cm³/mol. The fourth-order valence-electron chi connectivity index (χ4n) is 5.56. The van der Waals surface area contributed by atoms with Crippen LogP contribution in [-0.4, -0.2) is 80.3 Å². The highest BCUT2D eigenvalue weighted by Gasteiger charge is 2.36. The van der Waals surface area contributed by atoms with Crippen LogP contribution >= 0.6 is 23.2 Å². The quantitative estimate of drug-likeness (QED) is 0.442. The van der Waals surface area contributed by atoms with Crippen LogP contribution in [0.1, 0.15) is 36.5 Å². The number of anilines is 2. The van der Waals surface area contributed by atoms with Crippen molar-refractivity contribution in [3.8, 4) is 11.6 Å². The van der Waals surface area contributed by atoms with E-state index in [-0.39, 0.29) is 45.4 Å². The minimum absolute atomic E-state index is 0.0382. The summed E-state index contributed by atoms with van der Waals surface area (Å²) in [6.07, 6.45) is 2.32. The summed E-state index contributed by atoms with van der Waals surface area (Å²) in [6, 6.07) is 1.91. The highest BCUT2D eigenvalue weighted by Crippen LogP contribution is 2.31. The Bertz CT molecular complexity index is 1490. The van der Waals surface area contributed by atoms with Gasteiger partial charge in [0.2, 0.25) is 0 Å². The van der Waals surface area contributed by atoms with Gasteiger partial charge in [-0.05, 0) is 31.4 Å². The van der Waals surface area contributed by atoms with Crippen LogP contribution in [0.4, 0.5) is 20.6 Å². The van der Waals surface area contributed by atoms with E-state index in [1.807, 2.05) is 0 Å². The molecular formula is C25H28Cl2F2N8O3. The molecule has 2 N–H and O–H groups in total. The molecule has 0 aliphatic carbocycles. The number of nitrogens with zero attached hydrogens (tertiary/aromatic N) is 7. The van der Waals surface area contributed by atoms with Crippen LogP contribution in [0.2, 0.25) is 10.2 Å². The van der Waals surface area contributed by atoms with Crippen LogP contribution in [0.5, 0.6) is 0 Å². The molecule has 11 nitrogen and oxygen atoms in total. The van der Waals surface area contributed by atoms with Gasteiger partial charge in [0.25, 0.3) is 17.4 Å². The number of piperidine rings is 1. The first-order valence-corrected chi connectivity index (χ1v) is 13.6. The van der Waals surface area contributed by atoms with Gasteiger partial charge < -0.3 is 20.0 Å². The minimum atomic E-state index is -1.10. The molecule has 0 spiro atoms. The van der Waals surface area contributed by atoms with Crippen molar-refractivity contribution in [3.63, 3.8) is 0 Å². The maximum Gasteiger partial charge on any atom is 0.313 e. The zero-order chi connectivity index (χ0) is 28.7. The first kappa shape index (κ1) is 28.2. The van der Waals surface area contributed by atoms with Crippen LogP contribution in [0.25, 0.3) is 11.6 Å². The monoisotopic (exact) mass is 596 g/mol. The van der Waals surface area contributed by atoms with Gasteiger partial charge in [0, 0.05) is 51.9 Å². The van der Waals surface area contributed by atoms with E-state index in [4.69, 9.17) is 33.4 Å². The molecule has 1 aromatic carbocycles. The van der Waals surface area contributed by atoms with Crippen molar-refractivity contribution in [2.45, 2.75) is 38.3 Å². The third-order valence-electron chi connectivity index (χ3n) is 7.62. The second-order valence-corrected chi connectivity index (χ2v) is 10.7. The number of hydrogen-bond donors (Lipinski definition) is 1. The molecule has 0 bridgehead atoms. The number of carbonyl (C=O) groups excluding carboxylic acids is 1. The zero-order valence-corrected chi connectivity index (χ0v) is 23.4. The fraction of sp³-hybridized carbons (Fsp3) is 0.480.